The highest BCUT2D eigenvalue weighted by Crippen LogP contribution is 2.31. The first-order valence-electron chi connectivity index (χ1n) is 5.39. The summed E-state index contributed by atoms with van der Waals surface area (Å²) >= 11 is 6.24. The highest BCUT2D eigenvalue weighted by molar-refractivity contribution is 6.33. The maximum Gasteiger partial charge on any atom is 0.0642 e. The second-order valence-corrected chi connectivity index (χ2v) is 4.53. The van der Waals surface area contributed by atoms with Gasteiger partial charge in [0.25, 0.3) is 0 Å². The average molecular weight is 225 g/mol. The van der Waals surface area contributed by atoms with Crippen LogP contribution in [0.25, 0.3) is 0 Å². The minimum absolute atomic E-state index is 0.598. The van der Waals surface area contributed by atoms with Crippen molar-refractivity contribution in [1.82, 2.24) is 5.32 Å². The van der Waals surface area contributed by atoms with Crippen molar-refractivity contribution in [3.05, 3.63) is 28.8 Å². The molecule has 1 aliphatic heterocycles. The summed E-state index contributed by atoms with van der Waals surface area (Å²) in [5.74, 6) is 0. The van der Waals surface area contributed by atoms with Crippen molar-refractivity contribution < 1.29 is 0 Å². The van der Waals surface area contributed by atoms with Crippen molar-refractivity contribution in [2.75, 3.05) is 25.0 Å². The standard InChI is InChI=1S/C12H17ClN2/c1-9-4-3-5-11(13)12(9)15-7-6-10(8-15)14-2/h3-5,10,14H,6-8H2,1-2H3. The molecule has 1 unspecified atom stereocenters. The Kier molecular flexibility index (Phi) is 3.17. The van der Waals surface area contributed by atoms with Gasteiger partial charge < -0.3 is 10.2 Å². The maximum atomic E-state index is 6.24. The molecule has 3 heteroatoms. The van der Waals surface area contributed by atoms with Gasteiger partial charge in [0, 0.05) is 19.1 Å². The van der Waals surface area contributed by atoms with Gasteiger partial charge in [-0.2, -0.15) is 0 Å². The van der Waals surface area contributed by atoms with Gasteiger partial charge in [-0.15, -0.1) is 0 Å². The molecule has 0 amide bonds. The van der Waals surface area contributed by atoms with E-state index in [4.69, 9.17) is 11.6 Å². The van der Waals surface area contributed by atoms with E-state index in [0.29, 0.717) is 6.04 Å². The molecule has 82 valence electrons. The van der Waals surface area contributed by atoms with Crippen molar-refractivity contribution >= 4 is 17.3 Å². The van der Waals surface area contributed by atoms with Crippen molar-refractivity contribution in [3.63, 3.8) is 0 Å². The Hall–Kier alpha value is -0.730. The summed E-state index contributed by atoms with van der Waals surface area (Å²) in [6.07, 6.45) is 1.20. The van der Waals surface area contributed by atoms with Gasteiger partial charge in [0.2, 0.25) is 0 Å². The Morgan fingerprint density at radius 1 is 1.47 bits per heavy atom. The largest absolute Gasteiger partial charge is 0.368 e. The molecule has 2 nitrogen and oxygen atoms in total. The molecule has 0 bridgehead atoms. The molecule has 1 aliphatic rings. The fraction of sp³-hybridized carbons (Fsp3) is 0.500. The zero-order valence-electron chi connectivity index (χ0n) is 9.26. The lowest BCUT2D eigenvalue weighted by atomic mass is 10.2. The van der Waals surface area contributed by atoms with Crippen LogP contribution in [0.3, 0.4) is 0 Å². The Balaban J connectivity index is 2.23. The van der Waals surface area contributed by atoms with E-state index < -0.39 is 0 Å². The van der Waals surface area contributed by atoms with Crippen LogP contribution in [0.2, 0.25) is 5.02 Å². The number of anilines is 1. The van der Waals surface area contributed by atoms with E-state index >= 15 is 0 Å². The van der Waals surface area contributed by atoms with Crippen LogP contribution in [0.4, 0.5) is 5.69 Å². The minimum Gasteiger partial charge on any atom is -0.368 e. The number of hydrogen-bond acceptors (Lipinski definition) is 2. The molecular weight excluding hydrogens is 208 g/mol. The molecule has 0 radical (unpaired) electrons. The first-order chi connectivity index (χ1) is 7.22. The summed E-state index contributed by atoms with van der Waals surface area (Å²) in [6, 6.07) is 6.69. The quantitative estimate of drug-likeness (QED) is 0.830. The van der Waals surface area contributed by atoms with Crippen LogP contribution < -0.4 is 10.2 Å². The van der Waals surface area contributed by atoms with Crippen LogP contribution in [0.15, 0.2) is 18.2 Å². The Morgan fingerprint density at radius 3 is 2.87 bits per heavy atom. The number of rotatable bonds is 2. The summed E-state index contributed by atoms with van der Waals surface area (Å²) in [4.78, 5) is 2.37. The third-order valence-corrected chi connectivity index (χ3v) is 3.41. The van der Waals surface area contributed by atoms with Crippen molar-refractivity contribution in [2.45, 2.75) is 19.4 Å². The molecule has 1 aromatic rings. The third kappa shape index (κ3) is 2.11. The maximum absolute atomic E-state index is 6.24. The fourth-order valence-corrected chi connectivity index (χ4v) is 2.56. The molecule has 1 fully saturated rings. The van der Waals surface area contributed by atoms with Crippen LogP contribution in [0.1, 0.15) is 12.0 Å². The van der Waals surface area contributed by atoms with Crippen LogP contribution in [-0.4, -0.2) is 26.2 Å². The lowest BCUT2D eigenvalue weighted by Crippen LogP contribution is -2.29. The second kappa shape index (κ2) is 4.42. The molecule has 0 aliphatic carbocycles. The first-order valence-corrected chi connectivity index (χ1v) is 5.77. The van der Waals surface area contributed by atoms with E-state index in [1.165, 1.54) is 17.7 Å². The molecule has 1 aromatic carbocycles. The molecule has 1 saturated heterocycles. The smallest absolute Gasteiger partial charge is 0.0642 e. The van der Waals surface area contributed by atoms with E-state index in [1.54, 1.807) is 0 Å². The number of aryl methyl sites for hydroxylation is 1. The number of nitrogens with one attached hydrogen (secondary N) is 1. The van der Waals surface area contributed by atoms with Crippen molar-refractivity contribution in [2.24, 2.45) is 0 Å². The molecule has 0 saturated carbocycles. The second-order valence-electron chi connectivity index (χ2n) is 4.13. The lowest BCUT2D eigenvalue weighted by molar-refractivity contribution is 0.617. The van der Waals surface area contributed by atoms with E-state index in [9.17, 15) is 0 Å². The van der Waals surface area contributed by atoms with E-state index in [0.717, 1.165) is 18.1 Å². The van der Waals surface area contributed by atoms with Crippen LogP contribution in [-0.2, 0) is 0 Å². The topological polar surface area (TPSA) is 15.3 Å². The summed E-state index contributed by atoms with van der Waals surface area (Å²) in [6.45, 7) is 4.27. The number of halogens is 1. The Labute approximate surface area is 96.2 Å². The Bertz CT molecular complexity index is 331. The number of benzene rings is 1. The zero-order chi connectivity index (χ0) is 10.8. The van der Waals surface area contributed by atoms with Gasteiger partial charge in [0.15, 0.2) is 0 Å². The first kappa shape index (κ1) is 10.8. The van der Waals surface area contributed by atoms with Gasteiger partial charge >= 0.3 is 0 Å². The van der Waals surface area contributed by atoms with Crippen LogP contribution >= 0.6 is 11.6 Å². The highest BCUT2D eigenvalue weighted by atomic mass is 35.5. The molecule has 0 spiro atoms. The summed E-state index contributed by atoms with van der Waals surface area (Å²) in [5.41, 5.74) is 2.47. The Morgan fingerprint density at radius 2 is 2.27 bits per heavy atom. The van der Waals surface area contributed by atoms with Crippen LogP contribution in [0.5, 0.6) is 0 Å². The van der Waals surface area contributed by atoms with E-state index in [-0.39, 0.29) is 0 Å². The predicted molar refractivity (Wildman–Crippen MR) is 65.9 cm³/mol. The van der Waals surface area contributed by atoms with Gasteiger partial charge in [0.05, 0.1) is 10.7 Å². The molecule has 1 heterocycles. The SMILES string of the molecule is CNC1CCN(c2c(C)cccc2Cl)C1. The van der Waals surface area contributed by atoms with Crippen molar-refractivity contribution in [3.8, 4) is 0 Å². The number of likely N-dealkylation sites (N-methyl/N-ethyl adjacent to an activating group) is 1. The fourth-order valence-electron chi connectivity index (χ4n) is 2.22. The van der Waals surface area contributed by atoms with Crippen LogP contribution in [0, 0.1) is 6.92 Å². The predicted octanol–water partition coefficient (Wildman–Crippen LogP) is 2.45. The number of para-hydroxylation sites is 1. The third-order valence-electron chi connectivity index (χ3n) is 3.10. The molecule has 0 aromatic heterocycles. The van der Waals surface area contributed by atoms with E-state index in [2.05, 4.69) is 23.2 Å². The molecule has 1 atom stereocenters. The monoisotopic (exact) mass is 224 g/mol. The summed E-state index contributed by atoms with van der Waals surface area (Å²) in [7, 11) is 2.02. The summed E-state index contributed by atoms with van der Waals surface area (Å²) < 4.78 is 0. The van der Waals surface area contributed by atoms with E-state index in [1.807, 2.05) is 19.2 Å². The molecule has 1 N–H and O–H groups in total. The number of hydrogen-bond donors (Lipinski definition) is 1. The summed E-state index contributed by atoms with van der Waals surface area (Å²) in [5, 5.41) is 4.19. The molecule has 2 rings (SSSR count). The lowest BCUT2D eigenvalue weighted by Gasteiger charge is -2.22. The minimum atomic E-state index is 0.598. The normalized spacial score (nSPS) is 21.0. The van der Waals surface area contributed by atoms with Gasteiger partial charge in [-0.25, -0.2) is 0 Å². The van der Waals surface area contributed by atoms with Gasteiger partial charge in [-0.3, -0.25) is 0 Å². The van der Waals surface area contributed by atoms with Gasteiger partial charge in [-0.1, -0.05) is 23.7 Å². The highest BCUT2D eigenvalue weighted by Gasteiger charge is 2.23. The molecule has 15 heavy (non-hydrogen) atoms. The number of nitrogens with zero attached hydrogens (tertiary/aromatic N) is 1. The average Bonchev–Trinajstić information content (AvgIpc) is 2.66. The van der Waals surface area contributed by atoms with Crippen molar-refractivity contribution in [1.29, 1.82) is 0 Å². The molecular formula is C12H17ClN2. The van der Waals surface area contributed by atoms with Gasteiger partial charge in [0.1, 0.15) is 0 Å². The van der Waals surface area contributed by atoms with Gasteiger partial charge in [-0.05, 0) is 32.0 Å². The zero-order valence-corrected chi connectivity index (χ0v) is 10.0.